The second kappa shape index (κ2) is 6.16. The Bertz CT molecular complexity index is 893. The lowest BCUT2D eigenvalue weighted by molar-refractivity contribution is 0.201. The number of nitrogens with zero attached hydrogens (tertiary/aromatic N) is 3. The molecule has 0 aliphatic rings. The van der Waals surface area contributed by atoms with Crippen molar-refractivity contribution in [2.24, 2.45) is 0 Å². The summed E-state index contributed by atoms with van der Waals surface area (Å²) < 4.78 is 0. The van der Waals surface area contributed by atoms with E-state index in [1.165, 1.54) is 4.90 Å². The van der Waals surface area contributed by atoms with Gasteiger partial charge in [0.25, 0.3) is 0 Å². The number of carboxylic acid groups (broad SMARTS) is 1. The molecule has 0 radical (unpaired) electrons. The van der Waals surface area contributed by atoms with Gasteiger partial charge in [0, 0.05) is 23.2 Å². The lowest BCUT2D eigenvalue weighted by Crippen LogP contribution is -2.28. The summed E-state index contributed by atoms with van der Waals surface area (Å²) in [6, 6.07) is 16.2. The highest BCUT2D eigenvalue weighted by molar-refractivity contribution is 6.00. The molecule has 0 bridgehead atoms. The fourth-order valence-corrected chi connectivity index (χ4v) is 2.46. The number of hydrogen-bond donors (Lipinski definition) is 1. The van der Waals surface area contributed by atoms with E-state index in [4.69, 9.17) is 5.26 Å². The van der Waals surface area contributed by atoms with Crippen molar-refractivity contribution in [3.8, 4) is 6.07 Å². The van der Waals surface area contributed by atoms with Gasteiger partial charge in [-0.2, -0.15) is 5.26 Å². The van der Waals surface area contributed by atoms with E-state index < -0.39 is 6.09 Å². The molecule has 1 N–H and O–H groups in total. The third-order valence-electron chi connectivity index (χ3n) is 3.60. The molecule has 0 saturated carbocycles. The van der Waals surface area contributed by atoms with Crippen molar-refractivity contribution < 1.29 is 9.90 Å². The molecule has 5 nitrogen and oxygen atoms in total. The summed E-state index contributed by atoms with van der Waals surface area (Å²) in [7, 11) is 0. The van der Waals surface area contributed by atoms with Gasteiger partial charge in [0.1, 0.15) is 0 Å². The van der Waals surface area contributed by atoms with E-state index in [-0.39, 0.29) is 6.54 Å². The largest absolute Gasteiger partial charge is 0.465 e. The van der Waals surface area contributed by atoms with Crippen molar-refractivity contribution in [2.75, 3.05) is 4.90 Å². The first-order chi connectivity index (χ1) is 11.2. The summed E-state index contributed by atoms with van der Waals surface area (Å²) in [5.41, 5.74) is 1.98. The quantitative estimate of drug-likeness (QED) is 0.798. The van der Waals surface area contributed by atoms with Crippen molar-refractivity contribution in [2.45, 2.75) is 6.54 Å². The number of amides is 1. The van der Waals surface area contributed by atoms with Gasteiger partial charge in [0.05, 0.1) is 23.9 Å². The van der Waals surface area contributed by atoms with E-state index in [1.54, 1.807) is 48.8 Å². The first-order valence-corrected chi connectivity index (χ1v) is 7.01. The van der Waals surface area contributed by atoms with E-state index in [0.29, 0.717) is 11.3 Å². The van der Waals surface area contributed by atoms with Crippen LogP contribution < -0.4 is 4.90 Å². The first-order valence-electron chi connectivity index (χ1n) is 7.01. The fourth-order valence-electron chi connectivity index (χ4n) is 2.46. The van der Waals surface area contributed by atoms with Crippen LogP contribution in [0.4, 0.5) is 10.5 Å². The second-order valence-electron chi connectivity index (χ2n) is 5.05. The van der Waals surface area contributed by atoms with Gasteiger partial charge in [-0.1, -0.05) is 24.3 Å². The Labute approximate surface area is 133 Å². The molecule has 0 aliphatic heterocycles. The highest BCUT2D eigenvalue weighted by Crippen LogP contribution is 2.27. The van der Waals surface area contributed by atoms with Crippen LogP contribution in [-0.2, 0) is 6.54 Å². The van der Waals surface area contributed by atoms with Crippen LogP contribution in [0, 0.1) is 11.3 Å². The zero-order chi connectivity index (χ0) is 16.2. The number of anilines is 1. The van der Waals surface area contributed by atoms with Gasteiger partial charge in [-0.3, -0.25) is 9.88 Å². The van der Waals surface area contributed by atoms with Gasteiger partial charge in [-0.15, -0.1) is 0 Å². The molecule has 23 heavy (non-hydrogen) atoms. The van der Waals surface area contributed by atoms with Crippen molar-refractivity contribution in [3.05, 3.63) is 72.1 Å². The number of fused-ring (bicyclic) bond motifs is 1. The molecular formula is C18H13N3O2. The minimum Gasteiger partial charge on any atom is -0.465 e. The molecule has 1 aromatic heterocycles. The second-order valence-corrected chi connectivity index (χ2v) is 5.05. The highest BCUT2D eigenvalue weighted by Gasteiger charge is 2.17. The van der Waals surface area contributed by atoms with Crippen LogP contribution in [0.15, 0.2) is 60.9 Å². The van der Waals surface area contributed by atoms with Crippen molar-refractivity contribution in [3.63, 3.8) is 0 Å². The van der Waals surface area contributed by atoms with E-state index in [1.807, 2.05) is 18.2 Å². The average Bonchev–Trinajstić information content (AvgIpc) is 2.59. The summed E-state index contributed by atoms with van der Waals surface area (Å²) in [6.07, 6.45) is 2.33. The number of benzene rings is 2. The topological polar surface area (TPSA) is 77.2 Å². The minimum absolute atomic E-state index is 0.211. The number of hydrogen-bond acceptors (Lipinski definition) is 3. The van der Waals surface area contributed by atoms with Gasteiger partial charge in [0.15, 0.2) is 0 Å². The van der Waals surface area contributed by atoms with Crippen molar-refractivity contribution in [1.29, 1.82) is 5.26 Å². The number of pyridine rings is 1. The molecule has 0 spiro atoms. The lowest BCUT2D eigenvalue weighted by atomic mass is 10.1. The Morgan fingerprint density at radius 2 is 1.96 bits per heavy atom. The molecule has 0 saturated heterocycles. The molecule has 2 aromatic carbocycles. The third-order valence-corrected chi connectivity index (χ3v) is 3.60. The summed E-state index contributed by atoms with van der Waals surface area (Å²) in [4.78, 5) is 17.1. The van der Waals surface area contributed by atoms with Crippen LogP contribution in [0.2, 0.25) is 0 Å². The molecule has 0 fully saturated rings. The Kier molecular flexibility index (Phi) is 3.89. The molecule has 0 unspecified atom stereocenters. The summed E-state index contributed by atoms with van der Waals surface area (Å²) in [5, 5.41) is 20.2. The molecule has 0 aliphatic carbocycles. The Morgan fingerprint density at radius 3 is 2.65 bits per heavy atom. The van der Waals surface area contributed by atoms with Crippen LogP contribution in [0.1, 0.15) is 11.1 Å². The minimum atomic E-state index is -1.03. The lowest BCUT2D eigenvalue weighted by Gasteiger charge is -2.21. The third kappa shape index (κ3) is 2.97. The zero-order valence-corrected chi connectivity index (χ0v) is 12.2. The van der Waals surface area contributed by atoms with Gasteiger partial charge < -0.3 is 5.11 Å². The summed E-state index contributed by atoms with van der Waals surface area (Å²) in [5.74, 6) is 0. The molecule has 1 amide bonds. The maximum Gasteiger partial charge on any atom is 0.412 e. The predicted octanol–water partition coefficient (Wildman–Crippen LogP) is 3.79. The Morgan fingerprint density at radius 1 is 1.17 bits per heavy atom. The van der Waals surface area contributed by atoms with Gasteiger partial charge in [-0.25, -0.2) is 4.79 Å². The fraction of sp³-hybridized carbons (Fsp3) is 0.0556. The monoisotopic (exact) mass is 303 g/mol. The SMILES string of the molecule is N#Cc1ccc(CN(C(=O)O)c2cccc3cnccc23)cc1. The number of carbonyl (C=O) groups is 1. The molecule has 0 atom stereocenters. The van der Waals surface area contributed by atoms with E-state index in [0.717, 1.165) is 16.3 Å². The highest BCUT2D eigenvalue weighted by atomic mass is 16.4. The average molecular weight is 303 g/mol. The van der Waals surface area contributed by atoms with E-state index >= 15 is 0 Å². The van der Waals surface area contributed by atoms with E-state index in [9.17, 15) is 9.90 Å². The van der Waals surface area contributed by atoms with Crippen LogP contribution >= 0.6 is 0 Å². The molecule has 1 heterocycles. The van der Waals surface area contributed by atoms with Gasteiger partial charge in [0.2, 0.25) is 0 Å². The molecule has 3 aromatic rings. The standard InChI is InChI=1S/C18H13N3O2/c19-10-13-4-6-14(7-5-13)12-21(18(22)23)17-3-1-2-15-11-20-9-8-16(15)17/h1-9,11H,12H2,(H,22,23). The zero-order valence-electron chi connectivity index (χ0n) is 12.2. The van der Waals surface area contributed by atoms with Gasteiger partial charge in [-0.05, 0) is 29.8 Å². The van der Waals surface area contributed by atoms with Crippen LogP contribution in [0.3, 0.4) is 0 Å². The maximum atomic E-state index is 11.7. The predicted molar refractivity (Wildman–Crippen MR) is 87.1 cm³/mol. The molecule has 112 valence electrons. The van der Waals surface area contributed by atoms with Crippen molar-refractivity contribution >= 4 is 22.6 Å². The van der Waals surface area contributed by atoms with Crippen LogP contribution in [-0.4, -0.2) is 16.2 Å². The van der Waals surface area contributed by atoms with Gasteiger partial charge >= 0.3 is 6.09 Å². The van der Waals surface area contributed by atoms with E-state index in [2.05, 4.69) is 4.98 Å². The van der Waals surface area contributed by atoms with Crippen molar-refractivity contribution in [1.82, 2.24) is 4.98 Å². The maximum absolute atomic E-state index is 11.7. The molecular weight excluding hydrogens is 290 g/mol. The molecule has 3 rings (SSSR count). The number of rotatable bonds is 3. The summed E-state index contributed by atoms with van der Waals surface area (Å²) >= 11 is 0. The smallest absolute Gasteiger partial charge is 0.412 e. The van der Waals surface area contributed by atoms with Crippen LogP contribution in [0.25, 0.3) is 10.8 Å². The Hall–Kier alpha value is -3.39. The van der Waals surface area contributed by atoms with Crippen LogP contribution in [0.5, 0.6) is 0 Å². The number of aromatic nitrogens is 1. The Balaban J connectivity index is 2.01. The first kappa shape index (κ1) is 14.5. The molecule has 5 heteroatoms. The normalized spacial score (nSPS) is 10.2. The summed E-state index contributed by atoms with van der Waals surface area (Å²) in [6.45, 7) is 0.211. The number of nitriles is 1.